The van der Waals surface area contributed by atoms with E-state index in [2.05, 4.69) is 27.0 Å². The van der Waals surface area contributed by atoms with Gasteiger partial charge in [-0.3, -0.25) is 0 Å². The van der Waals surface area contributed by atoms with Crippen LogP contribution in [0.1, 0.15) is 13.8 Å². The lowest BCUT2D eigenvalue weighted by molar-refractivity contribution is 0.815. The van der Waals surface area contributed by atoms with Crippen molar-refractivity contribution in [2.75, 3.05) is 0 Å². The van der Waals surface area contributed by atoms with Crippen LogP contribution in [0.15, 0.2) is 81.4 Å². The Hall–Kier alpha value is -2.56. The van der Waals surface area contributed by atoms with Crippen LogP contribution in [-0.4, -0.2) is 10.4 Å². The molecule has 1 rings (SSSR count). The molecular formula is C15H19N5. The second-order valence-electron chi connectivity index (χ2n) is 3.99. The van der Waals surface area contributed by atoms with Crippen LogP contribution in [0.4, 0.5) is 0 Å². The number of azo groups is 1. The number of aryl methyl sites for hydroxylation is 1. The minimum Gasteiger partial charge on any atom is -0.335 e. The monoisotopic (exact) mass is 269 g/mol. The van der Waals surface area contributed by atoms with E-state index in [1.807, 2.05) is 61.2 Å². The van der Waals surface area contributed by atoms with Gasteiger partial charge in [0, 0.05) is 13.2 Å². The third kappa shape index (κ3) is 5.86. The second-order valence-corrected chi connectivity index (χ2v) is 3.99. The van der Waals surface area contributed by atoms with E-state index in [1.54, 1.807) is 13.0 Å². The maximum Gasteiger partial charge on any atom is 0.170 e. The molecule has 0 aromatic carbocycles. The average Bonchev–Trinajstić information content (AvgIpc) is 2.44. The quantitative estimate of drug-likeness (QED) is 0.265. The first-order chi connectivity index (χ1) is 9.63. The Bertz CT molecular complexity index is 630. The summed E-state index contributed by atoms with van der Waals surface area (Å²) in [4.78, 5) is 0. The first kappa shape index (κ1) is 15.5. The fourth-order valence-electron chi connectivity index (χ4n) is 1.21. The zero-order valence-corrected chi connectivity index (χ0v) is 12.1. The van der Waals surface area contributed by atoms with E-state index in [4.69, 9.17) is 0 Å². The molecule has 0 unspecified atom stereocenters. The number of amidine groups is 1. The van der Waals surface area contributed by atoms with Gasteiger partial charge in [0.2, 0.25) is 0 Å². The van der Waals surface area contributed by atoms with Crippen molar-refractivity contribution >= 4 is 5.84 Å². The molecule has 0 radical (unpaired) electrons. The summed E-state index contributed by atoms with van der Waals surface area (Å²) in [6.07, 6.45) is 9.34. The number of hydrogen-bond donors (Lipinski definition) is 0. The van der Waals surface area contributed by atoms with E-state index >= 15 is 0 Å². The van der Waals surface area contributed by atoms with E-state index in [9.17, 15) is 0 Å². The molecule has 0 atom stereocenters. The van der Waals surface area contributed by atoms with E-state index in [0.29, 0.717) is 11.5 Å². The molecule has 0 aliphatic carbocycles. The summed E-state index contributed by atoms with van der Waals surface area (Å²) in [6, 6.07) is 5.70. The van der Waals surface area contributed by atoms with Gasteiger partial charge >= 0.3 is 0 Å². The average molecular weight is 269 g/mol. The van der Waals surface area contributed by atoms with Crippen molar-refractivity contribution in [1.29, 1.82) is 0 Å². The normalized spacial score (nSPS) is 13.9. The summed E-state index contributed by atoms with van der Waals surface area (Å²) in [5.74, 6) is 0.467. The molecular weight excluding hydrogens is 250 g/mol. The lowest BCUT2D eigenvalue weighted by Crippen LogP contribution is -2.15. The molecule has 0 N–H and O–H groups in total. The lowest BCUT2D eigenvalue weighted by Gasteiger charge is -1.95. The highest BCUT2D eigenvalue weighted by atomic mass is 15.3. The van der Waals surface area contributed by atoms with Crippen molar-refractivity contribution < 1.29 is 0 Å². The summed E-state index contributed by atoms with van der Waals surface area (Å²) in [5.41, 5.74) is 1.30. The van der Waals surface area contributed by atoms with Crippen LogP contribution in [0.25, 0.3) is 0 Å². The van der Waals surface area contributed by atoms with Gasteiger partial charge in [-0.15, -0.1) is 20.4 Å². The smallest absolute Gasteiger partial charge is 0.170 e. The van der Waals surface area contributed by atoms with E-state index in [-0.39, 0.29) is 0 Å². The summed E-state index contributed by atoms with van der Waals surface area (Å²) in [7, 11) is 1.90. The predicted octanol–water partition coefficient (Wildman–Crippen LogP) is 3.36. The molecule has 1 aromatic rings. The van der Waals surface area contributed by atoms with Crippen molar-refractivity contribution in [3.8, 4) is 0 Å². The maximum absolute atomic E-state index is 4.10. The zero-order valence-electron chi connectivity index (χ0n) is 12.1. The van der Waals surface area contributed by atoms with Crippen molar-refractivity contribution in [3.63, 3.8) is 0 Å². The number of pyridine rings is 1. The SMILES string of the molecule is C=C(/C=C\C=C/C)N=N/C(C)=N/N=c1\ccccn1C. The highest BCUT2D eigenvalue weighted by molar-refractivity contribution is 5.79. The molecule has 0 aliphatic heterocycles. The lowest BCUT2D eigenvalue weighted by atomic mass is 10.4. The van der Waals surface area contributed by atoms with Gasteiger partial charge in [0.05, 0.1) is 5.70 Å². The number of rotatable bonds is 4. The predicted molar refractivity (Wildman–Crippen MR) is 82.0 cm³/mol. The Labute approximate surface area is 119 Å². The van der Waals surface area contributed by atoms with Gasteiger partial charge in [0.15, 0.2) is 11.3 Å². The van der Waals surface area contributed by atoms with Gasteiger partial charge in [0.25, 0.3) is 0 Å². The van der Waals surface area contributed by atoms with Crippen molar-refractivity contribution in [3.05, 3.63) is 66.5 Å². The third-order valence-corrected chi connectivity index (χ3v) is 2.24. The molecule has 0 saturated carbocycles. The van der Waals surface area contributed by atoms with Crippen LogP contribution in [0.3, 0.4) is 0 Å². The first-order valence-electron chi connectivity index (χ1n) is 6.23. The Morgan fingerprint density at radius 3 is 2.75 bits per heavy atom. The minimum atomic E-state index is 0.467. The first-order valence-corrected chi connectivity index (χ1v) is 6.23. The molecule has 104 valence electrons. The number of allylic oxidation sites excluding steroid dienone is 4. The molecule has 0 fully saturated rings. The van der Waals surface area contributed by atoms with Crippen molar-refractivity contribution in [2.45, 2.75) is 13.8 Å². The Morgan fingerprint density at radius 2 is 2.05 bits per heavy atom. The van der Waals surface area contributed by atoms with E-state index in [1.165, 1.54) is 0 Å². The fraction of sp³-hybridized carbons (Fsp3) is 0.200. The van der Waals surface area contributed by atoms with Gasteiger partial charge in [-0.05, 0) is 32.1 Å². The highest BCUT2D eigenvalue weighted by Crippen LogP contribution is 1.97. The van der Waals surface area contributed by atoms with Crippen LogP contribution < -0.4 is 5.49 Å². The molecule has 0 amide bonds. The summed E-state index contributed by atoms with van der Waals surface area (Å²) in [5, 5.41) is 16.0. The molecule has 5 nitrogen and oxygen atoms in total. The van der Waals surface area contributed by atoms with Crippen LogP contribution in [0.2, 0.25) is 0 Å². The largest absolute Gasteiger partial charge is 0.335 e. The van der Waals surface area contributed by atoms with Crippen LogP contribution in [-0.2, 0) is 7.05 Å². The Kier molecular flexibility index (Phi) is 6.61. The molecule has 0 bridgehead atoms. The molecule has 0 spiro atoms. The number of aromatic nitrogens is 1. The summed E-state index contributed by atoms with van der Waals surface area (Å²) in [6.45, 7) is 7.44. The summed E-state index contributed by atoms with van der Waals surface area (Å²) < 4.78 is 1.87. The molecule has 5 heteroatoms. The van der Waals surface area contributed by atoms with E-state index < -0.39 is 0 Å². The van der Waals surface area contributed by atoms with Crippen LogP contribution in [0.5, 0.6) is 0 Å². The minimum absolute atomic E-state index is 0.467. The maximum atomic E-state index is 4.10. The summed E-state index contributed by atoms with van der Waals surface area (Å²) >= 11 is 0. The fourth-order valence-corrected chi connectivity index (χ4v) is 1.21. The molecule has 0 aliphatic rings. The van der Waals surface area contributed by atoms with Crippen LogP contribution >= 0.6 is 0 Å². The highest BCUT2D eigenvalue weighted by Gasteiger charge is 1.87. The third-order valence-electron chi connectivity index (χ3n) is 2.24. The number of nitrogens with zero attached hydrogens (tertiary/aromatic N) is 5. The second kappa shape index (κ2) is 8.53. The van der Waals surface area contributed by atoms with E-state index in [0.717, 1.165) is 5.49 Å². The van der Waals surface area contributed by atoms with Gasteiger partial charge in [-0.25, -0.2) is 0 Å². The molecule has 1 heterocycles. The zero-order chi connectivity index (χ0) is 14.8. The van der Waals surface area contributed by atoms with Gasteiger partial charge in [-0.2, -0.15) is 0 Å². The topological polar surface area (TPSA) is 54.4 Å². The molecule has 1 aromatic heterocycles. The van der Waals surface area contributed by atoms with Gasteiger partial charge in [-0.1, -0.05) is 30.9 Å². The van der Waals surface area contributed by atoms with Crippen molar-refractivity contribution in [2.24, 2.45) is 27.5 Å². The van der Waals surface area contributed by atoms with Gasteiger partial charge < -0.3 is 4.57 Å². The molecule has 0 saturated heterocycles. The number of hydrogen-bond acceptors (Lipinski definition) is 3. The Balaban J connectivity index is 2.74. The Morgan fingerprint density at radius 1 is 1.25 bits per heavy atom. The van der Waals surface area contributed by atoms with Crippen molar-refractivity contribution in [1.82, 2.24) is 4.57 Å². The van der Waals surface area contributed by atoms with Gasteiger partial charge in [0.1, 0.15) is 0 Å². The molecule has 20 heavy (non-hydrogen) atoms. The standard InChI is InChI=1S/C15H19N5/c1-5-6-7-10-13(2)16-17-14(3)18-19-15-11-8-9-12-20(15)4/h5-12H,2H2,1,3-4H3/b6-5-,10-7-,17-16?,18-14+,19-15+. The van der Waals surface area contributed by atoms with Crippen LogP contribution in [0, 0.1) is 0 Å².